The maximum absolute atomic E-state index is 13.1. The van der Waals surface area contributed by atoms with Crippen molar-refractivity contribution in [3.63, 3.8) is 0 Å². The van der Waals surface area contributed by atoms with Gasteiger partial charge in [-0.25, -0.2) is 8.42 Å². The monoisotopic (exact) mass is 479 g/mol. The highest BCUT2D eigenvalue weighted by Gasteiger charge is 2.29. The molecular weight excluding hydrogens is 446 g/mol. The van der Waals surface area contributed by atoms with E-state index in [1.807, 2.05) is 67.3 Å². The molecule has 1 saturated heterocycles. The highest BCUT2D eigenvalue weighted by atomic mass is 32.2. The Labute approximate surface area is 202 Å². The number of hydrogen-bond acceptors (Lipinski definition) is 4. The highest BCUT2D eigenvalue weighted by molar-refractivity contribution is 7.89. The number of aryl methyl sites for hydroxylation is 1. The van der Waals surface area contributed by atoms with Crippen molar-refractivity contribution in [2.75, 3.05) is 32.7 Å². The zero-order valence-corrected chi connectivity index (χ0v) is 21.2. The minimum atomic E-state index is -3.53. The molecule has 4 rings (SSSR count). The Hall–Kier alpha value is -2.74. The number of rotatable bonds is 7. The van der Waals surface area contributed by atoms with E-state index in [2.05, 4.69) is 18.4 Å². The van der Waals surface area contributed by atoms with Crippen molar-refractivity contribution in [2.24, 2.45) is 0 Å². The summed E-state index contributed by atoms with van der Waals surface area (Å²) in [5.74, 6) is 0.422. The third-order valence-corrected chi connectivity index (χ3v) is 8.54. The first-order valence-electron chi connectivity index (χ1n) is 11.8. The first-order valence-corrected chi connectivity index (χ1v) is 13.2. The van der Waals surface area contributed by atoms with Gasteiger partial charge in [0, 0.05) is 48.8 Å². The molecule has 0 aliphatic carbocycles. The van der Waals surface area contributed by atoms with E-state index in [1.54, 1.807) is 12.1 Å². The van der Waals surface area contributed by atoms with Crippen LogP contribution < -0.4 is 0 Å². The van der Waals surface area contributed by atoms with Gasteiger partial charge in [0.25, 0.3) is 0 Å². The molecule has 2 heterocycles. The van der Waals surface area contributed by atoms with Crippen LogP contribution in [0, 0.1) is 13.8 Å². The first kappa shape index (κ1) is 24.4. The van der Waals surface area contributed by atoms with Crippen molar-refractivity contribution in [1.82, 2.24) is 13.8 Å². The highest BCUT2D eigenvalue weighted by Crippen LogP contribution is 2.23. The average molecular weight is 480 g/mol. The number of aromatic nitrogens is 1. The van der Waals surface area contributed by atoms with E-state index in [-0.39, 0.29) is 12.3 Å². The lowest BCUT2D eigenvalue weighted by molar-refractivity contribution is 0.0901. The fourth-order valence-electron chi connectivity index (χ4n) is 4.61. The van der Waals surface area contributed by atoms with Gasteiger partial charge in [-0.15, -0.1) is 0 Å². The zero-order chi connectivity index (χ0) is 24.5. The minimum Gasteiger partial charge on any atom is -0.318 e. The standard InChI is InChI=1S/C27H33N3O3S/c1-20(2)23-10-12-25(13-11-23)34(32,33)29-16-14-28(15-17-29)19-27(31)26-18-21(3)30(22(26)4)24-8-6-5-7-9-24/h5-13,18,20H,14-17,19H2,1-4H3. The van der Waals surface area contributed by atoms with Crippen LogP contribution in [0.1, 0.15) is 47.1 Å². The number of benzene rings is 2. The van der Waals surface area contributed by atoms with Crippen LogP contribution in [-0.4, -0.2) is 60.7 Å². The molecule has 180 valence electrons. The van der Waals surface area contributed by atoms with Gasteiger partial charge in [-0.3, -0.25) is 9.69 Å². The fraction of sp³-hybridized carbons (Fsp3) is 0.370. The number of piperazine rings is 1. The summed E-state index contributed by atoms with van der Waals surface area (Å²) in [6, 6.07) is 19.1. The SMILES string of the molecule is Cc1cc(C(=O)CN2CCN(S(=O)(=O)c3ccc(C(C)C)cc3)CC2)c(C)n1-c1ccccc1. The lowest BCUT2D eigenvalue weighted by atomic mass is 10.0. The molecule has 0 radical (unpaired) electrons. The van der Waals surface area contributed by atoms with Crippen LogP contribution in [0.3, 0.4) is 0 Å². The summed E-state index contributed by atoms with van der Waals surface area (Å²) in [4.78, 5) is 15.5. The van der Waals surface area contributed by atoms with E-state index in [1.165, 1.54) is 4.31 Å². The molecule has 1 fully saturated rings. The summed E-state index contributed by atoms with van der Waals surface area (Å²) < 4.78 is 29.8. The van der Waals surface area contributed by atoms with E-state index < -0.39 is 10.0 Å². The topological polar surface area (TPSA) is 62.6 Å². The molecule has 0 unspecified atom stereocenters. The third-order valence-electron chi connectivity index (χ3n) is 6.63. The lowest BCUT2D eigenvalue weighted by Crippen LogP contribution is -2.49. The summed E-state index contributed by atoms with van der Waals surface area (Å²) in [6.45, 7) is 10.3. The Morgan fingerprint density at radius 2 is 1.53 bits per heavy atom. The van der Waals surface area contributed by atoms with Gasteiger partial charge in [0.2, 0.25) is 10.0 Å². The molecule has 7 heteroatoms. The number of carbonyl (C=O) groups excluding carboxylic acids is 1. The van der Waals surface area contributed by atoms with E-state index in [0.29, 0.717) is 37.0 Å². The molecule has 0 amide bonds. The number of ketones is 1. The molecule has 1 aliphatic rings. The first-order chi connectivity index (χ1) is 16.2. The van der Waals surface area contributed by atoms with E-state index in [4.69, 9.17) is 0 Å². The van der Waals surface area contributed by atoms with E-state index >= 15 is 0 Å². The Bertz CT molecular complexity index is 1250. The van der Waals surface area contributed by atoms with Gasteiger partial charge < -0.3 is 4.57 Å². The Morgan fingerprint density at radius 3 is 2.12 bits per heavy atom. The summed E-state index contributed by atoms with van der Waals surface area (Å²) in [5.41, 5.74) is 4.83. The third kappa shape index (κ3) is 4.87. The molecule has 1 aliphatic heterocycles. The zero-order valence-electron chi connectivity index (χ0n) is 20.4. The van der Waals surface area contributed by atoms with Gasteiger partial charge in [0.15, 0.2) is 5.78 Å². The lowest BCUT2D eigenvalue weighted by Gasteiger charge is -2.33. The van der Waals surface area contributed by atoms with Gasteiger partial charge in [0.05, 0.1) is 11.4 Å². The quantitative estimate of drug-likeness (QED) is 0.471. The van der Waals surface area contributed by atoms with Crippen LogP contribution in [-0.2, 0) is 10.0 Å². The second-order valence-corrected chi connectivity index (χ2v) is 11.2. The second kappa shape index (κ2) is 9.86. The molecule has 0 spiro atoms. The normalized spacial score (nSPS) is 15.7. The minimum absolute atomic E-state index is 0.0656. The molecular formula is C27H33N3O3S. The van der Waals surface area contributed by atoms with Gasteiger partial charge in [-0.2, -0.15) is 4.31 Å². The molecule has 34 heavy (non-hydrogen) atoms. The molecule has 6 nitrogen and oxygen atoms in total. The molecule has 2 aromatic carbocycles. The molecule has 0 saturated carbocycles. The predicted octanol–water partition coefficient (Wildman–Crippen LogP) is 4.41. The summed E-state index contributed by atoms with van der Waals surface area (Å²) in [5, 5.41) is 0. The Kier molecular flexibility index (Phi) is 7.07. The van der Waals surface area contributed by atoms with Crippen molar-refractivity contribution in [2.45, 2.75) is 38.5 Å². The fourth-order valence-corrected chi connectivity index (χ4v) is 6.03. The number of Topliss-reactive ketones (excluding diaryl/α,β-unsaturated/α-hetero) is 1. The number of para-hydroxylation sites is 1. The number of carbonyl (C=O) groups is 1. The molecule has 0 atom stereocenters. The smallest absolute Gasteiger partial charge is 0.243 e. The van der Waals surface area contributed by atoms with Crippen molar-refractivity contribution in [3.05, 3.63) is 83.2 Å². The second-order valence-electron chi connectivity index (χ2n) is 9.28. The Morgan fingerprint density at radius 1 is 0.912 bits per heavy atom. The largest absolute Gasteiger partial charge is 0.318 e. The van der Waals surface area contributed by atoms with Gasteiger partial charge in [-0.05, 0) is 55.7 Å². The van der Waals surface area contributed by atoms with Crippen molar-refractivity contribution >= 4 is 15.8 Å². The van der Waals surface area contributed by atoms with Crippen LogP contribution in [0.4, 0.5) is 0 Å². The van der Waals surface area contributed by atoms with Crippen LogP contribution in [0.2, 0.25) is 0 Å². The van der Waals surface area contributed by atoms with E-state index in [0.717, 1.165) is 28.2 Å². The van der Waals surface area contributed by atoms with Crippen molar-refractivity contribution in [1.29, 1.82) is 0 Å². The molecule has 0 bridgehead atoms. The van der Waals surface area contributed by atoms with Crippen molar-refractivity contribution in [3.8, 4) is 5.69 Å². The van der Waals surface area contributed by atoms with Crippen LogP contribution >= 0.6 is 0 Å². The van der Waals surface area contributed by atoms with E-state index in [9.17, 15) is 13.2 Å². The number of hydrogen-bond donors (Lipinski definition) is 0. The average Bonchev–Trinajstić information content (AvgIpc) is 3.14. The van der Waals surface area contributed by atoms with Gasteiger partial charge >= 0.3 is 0 Å². The Balaban J connectivity index is 1.40. The van der Waals surface area contributed by atoms with Crippen LogP contribution in [0.15, 0.2) is 65.6 Å². The van der Waals surface area contributed by atoms with Crippen molar-refractivity contribution < 1.29 is 13.2 Å². The molecule has 3 aromatic rings. The van der Waals surface area contributed by atoms with Crippen LogP contribution in [0.5, 0.6) is 0 Å². The maximum Gasteiger partial charge on any atom is 0.243 e. The maximum atomic E-state index is 13.1. The number of nitrogens with zero attached hydrogens (tertiary/aromatic N) is 3. The molecule has 0 N–H and O–H groups in total. The summed E-state index contributed by atoms with van der Waals surface area (Å²) >= 11 is 0. The number of sulfonamides is 1. The predicted molar refractivity (Wildman–Crippen MR) is 135 cm³/mol. The van der Waals surface area contributed by atoms with Gasteiger partial charge in [-0.1, -0.05) is 44.2 Å². The van der Waals surface area contributed by atoms with Crippen LogP contribution in [0.25, 0.3) is 5.69 Å². The molecule has 1 aromatic heterocycles. The summed E-state index contributed by atoms with van der Waals surface area (Å²) in [6.07, 6.45) is 0. The van der Waals surface area contributed by atoms with Gasteiger partial charge in [0.1, 0.15) is 0 Å². The summed E-state index contributed by atoms with van der Waals surface area (Å²) in [7, 11) is -3.53.